The lowest BCUT2D eigenvalue weighted by Crippen LogP contribution is -2.50. The van der Waals surface area contributed by atoms with Crippen LogP contribution < -0.4 is 10.6 Å². The summed E-state index contributed by atoms with van der Waals surface area (Å²) in [5.41, 5.74) is 3.73. The molecule has 1 aromatic carbocycles. The SMILES string of the molecule is O=C(CCN1CCN(CC(=O)NC2CC2)CC1)Nc1ccc2c(c1)CCC2. The molecule has 6 nitrogen and oxygen atoms in total. The van der Waals surface area contributed by atoms with Crippen molar-refractivity contribution < 1.29 is 9.59 Å². The van der Waals surface area contributed by atoms with E-state index in [0.717, 1.165) is 64.1 Å². The number of amides is 2. The van der Waals surface area contributed by atoms with Gasteiger partial charge in [0.2, 0.25) is 11.8 Å². The Morgan fingerprint density at radius 3 is 2.48 bits per heavy atom. The van der Waals surface area contributed by atoms with Gasteiger partial charge in [0.1, 0.15) is 0 Å². The fraction of sp³-hybridized carbons (Fsp3) is 0.619. The van der Waals surface area contributed by atoms with Crippen LogP contribution in [0.4, 0.5) is 5.69 Å². The Bertz CT molecular complexity index is 693. The summed E-state index contributed by atoms with van der Waals surface area (Å²) >= 11 is 0. The number of benzene rings is 1. The Balaban J connectivity index is 1.14. The number of rotatable bonds is 7. The third-order valence-electron chi connectivity index (χ3n) is 5.81. The van der Waals surface area contributed by atoms with Gasteiger partial charge in [-0.05, 0) is 55.4 Å². The van der Waals surface area contributed by atoms with E-state index in [9.17, 15) is 9.59 Å². The van der Waals surface area contributed by atoms with Crippen molar-refractivity contribution in [2.75, 3.05) is 44.6 Å². The summed E-state index contributed by atoms with van der Waals surface area (Å²) in [6.45, 7) is 4.91. The van der Waals surface area contributed by atoms with Gasteiger partial charge in [-0.2, -0.15) is 0 Å². The molecule has 27 heavy (non-hydrogen) atoms. The predicted octanol–water partition coefficient (Wildman–Crippen LogP) is 1.40. The number of carbonyl (C=O) groups excluding carboxylic acids is 2. The average molecular weight is 370 g/mol. The molecule has 2 aliphatic carbocycles. The Morgan fingerprint density at radius 1 is 0.963 bits per heavy atom. The smallest absolute Gasteiger partial charge is 0.234 e. The number of anilines is 1. The first-order valence-electron chi connectivity index (χ1n) is 10.3. The van der Waals surface area contributed by atoms with E-state index >= 15 is 0 Å². The molecule has 0 bridgehead atoms. The minimum atomic E-state index is 0.0826. The number of hydrogen-bond acceptors (Lipinski definition) is 4. The van der Waals surface area contributed by atoms with Crippen LogP contribution in [0.5, 0.6) is 0 Å². The third kappa shape index (κ3) is 5.30. The fourth-order valence-electron chi connectivity index (χ4n) is 4.01. The summed E-state index contributed by atoms with van der Waals surface area (Å²) in [6.07, 6.45) is 6.29. The molecule has 6 heteroatoms. The number of piperazine rings is 1. The van der Waals surface area contributed by atoms with Gasteiger partial charge in [0.05, 0.1) is 6.54 Å². The van der Waals surface area contributed by atoms with Gasteiger partial charge in [-0.3, -0.25) is 14.5 Å². The van der Waals surface area contributed by atoms with Crippen LogP contribution in [-0.2, 0) is 22.4 Å². The summed E-state index contributed by atoms with van der Waals surface area (Å²) in [5.74, 6) is 0.235. The number of aryl methyl sites for hydroxylation is 2. The van der Waals surface area contributed by atoms with Crippen molar-refractivity contribution in [2.45, 2.75) is 44.6 Å². The maximum atomic E-state index is 12.3. The van der Waals surface area contributed by atoms with Crippen LogP contribution >= 0.6 is 0 Å². The van der Waals surface area contributed by atoms with Crippen LogP contribution in [0.2, 0.25) is 0 Å². The van der Waals surface area contributed by atoms with E-state index < -0.39 is 0 Å². The van der Waals surface area contributed by atoms with Crippen LogP contribution in [-0.4, -0.2) is 66.9 Å². The number of hydrogen-bond donors (Lipinski definition) is 2. The zero-order valence-electron chi connectivity index (χ0n) is 16.0. The highest BCUT2D eigenvalue weighted by Gasteiger charge is 2.25. The molecule has 0 aromatic heterocycles. The molecule has 2 N–H and O–H groups in total. The molecular weight excluding hydrogens is 340 g/mol. The van der Waals surface area contributed by atoms with Crippen molar-refractivity contribution >= 4 is 17.5 Å². The normalized spacial score (nSPS) is 20.3. The fourth-order valence-corrected chi connectivity index (χ4v) is 4.01. The van der Waals surface area contributed by atoms with Crippen LogP contribution in [0.15, 0.2) is 18.2 Å². The molecule has 2 fully saturated rings. The van der Waals surface area contributed by atoms with E-state index in [-0.39, 0.29) is 11.8 Å². The maximum absolute atomic E-state index is 12.3. The molecule has 1 saturated heterocycles. The molecule has 3 aliphatic rings. The van der Waals surface area contributed by atoms with Gasteiger partial charge in [0, 0.05) is 50.9 Å². The summed E-state index contributed by atoms with van der Waals surface area (Å²) in [4.78, 5) is 28.7. The second-order valence-electron chi connectivity index (χ2n) is 8.09. The minimum Gasteiger partial charge on any atom is -0.352 e. The number of nitrogens with one attached hydrogen (secondary N) is 2. The molecule has 0 atom stereocenters. The largest absolute Gasteiger partial charge is 0.352 e. The van der Waals surface area contributed by atoms with E-state index in [1.54, 1.807) is 0 Å². The average Bonchev–Trinajstić information content (AvgIpc) is 3.34. The first-order valence-corrected chi connectivity index (χ1v) is 10.3. The lowest BCUT2D eigenvalue weighted by molar-refractivity contribution is -0.122. The highest BCUT2D eigenvalue weighted by atomic mass is 16.2. The molecule has 0 unspecified atom stereocenters. The number of carbonyl (C=O) groups is 2. The standard InChI is InChI=1S/C21H30N4O2/c26-20(23-19-5-4-16-2-1-3-17(16)14-19)8-9-24-10-12-25(13-11-24)15-21(27)22-18-6-7-18/h4-5,14,18H,1-3,6-13,15H2,(H,22,27)(H,23,26). The van der Waals surface area contributed by atoms with E-state index in [0.29, 0.717) is 19.0 Å². The van der Waals surface area contributed by atoms with Gasteiger partial charge >= 0.3 is 0 Å². The van der Waals surface area contributed by atoms with Crippen molar-refractivity contribution in [1.29, 1.82) is 0 Å². The molecule has 1 aromatic rings. The summed E-state index contributed by atoms with van der Waals surface area (Å²) < 4.78 is 0. The Labute approximate surface area is 161 Å². The Morgan fingerprint density at radius 2 is 1.70 bits per heavy atom. The van der Waals surface area contributed by atoms with Gasteiger partial charge in [-0.25, -0.2) is 0 Å². The molecule has 2 amide bonds. The zero-order valence-corrected chi connectivity index (χ0v) is 16.0. The Hall–Kier alpha value is -1.92. The topological polar surface area (TPSA) is 64.7 Å². The molecule has 0 spiro atoms. The molecule has 146 valence electrons. The molecular formula is C21H30N4O2. The van der Waals surface area contributed by atoms with Crippen LogP contribution in [0.1, 0.15) is 36.8 Å². The van der Waals surface area contributed by atoms with Crippen molar-refractivity contribution in [3.8, 4) is 0 Å². The van der Waals surface area contributed by atoms with E-state index in [2.05, 4.69) is 32.6 Å². The molecule has 4 rings (SSSR count). The monoisotopic (exact) mass is 370 g/mol. The molecule has 0 radical (unpaired) electrons. The minimum absolute atomic E-state index is 0.0826. The first-order chi connectivity index (χ1) is 13.2. The molecule has 1 saturated carbocycles. The quantitative estimate of drug-likeness (QED) is 0.762. The van der Waals surface area contributed by atoms with E-state index in [1.165, 1.54) is 17.5 Å². The first kappa shape index (κ1) is 18.4. The van der Waals surface area contributed by atoms with Crippen LogP contribution in [0.25, 0.3) is 0 Å². The van der Waals surface area contributed by atoms with Gasteiger partial charge in [-0.1, -0.05) is 6.07 Å². The van der Waals surface area contributed by atoms with Crippen molar-refractivity contribution in [3.05, 3.63) is 29.3 Å². The van der Waals surface area contributed by atoms with E-state index in [1.807, 2.05) is 6.07 Å². The number of fused-ring (bicyclic) bond motifs is 1. The van der Waals surface area contributed by atoms with Gasteiger partial charge in [0.15, 0.2) is 0 Å². The zero-order chi connectivity index (χ0) is 18.6. The highest BCUT2D eigenvalue weighted by Crippen LogP contribution is 2.25. The summed E-state index contributed by atoms with van der Waals surface area (Å²) in [6, 6.07) is 6.73. The third-order valence-corrected chi connectivity index (χ3v) is 5.81. The summed E-state index contributed by atoms with van der Waals surface area (Å²) in [5, 5.41) is 6.09. The van der Waals surface area contributed by atoms with Crippen molar-refractivity contribution in [2.24, 2.45) is 0 Å². The van der Waals surface area contributed by atoms with Gasteiger partial charge in [0.25, 0.3) is 0 Å². The van der Waals surface area contributed by atoms with E-state index in [4.69, 9.17) is 0 Å². The molecule has 1 aliphatic heterocycles. The lowest BCUT2D eigenvalue weighted by atomic mass is 10.1. The second kappa shape index (κ2) is 8.40. The van der Waals surface area contributed by atoms with Crippen molar-refractivity contribution in [1.82, 2.24) is 15.1 Å². The highest BCUT2D eigenvalue weighted by molar-refractivity contribution is 5.91. The van der Waals surface area contributed by atoms with Crippen LogP contribution in [0, 0.1) is 0 Å². The number of nitrogens with zero attached hydrogens (tertiary/aromatic N) is 2. The lowest BCUT2D eigenvalue weighted by Gasteiger charge is -2.34. The molecule has 1 heterocycles. The van der Waals surface area contributed by atoms with Gasteiger partial charge < -0.3 is 15.5 Å². The summed E-state index contributed by atoms with van der Waals surface area (Å²) in [7, 11) is 0. The van der Waals surface area contributed by atoms with Crippen molar-refractivity contribution in [3.63, 3.8) is 0 Å². The van der Waals surface area contributed by atoms with Crippen LogP contribution in [0.3, 0.4) is 0 Å². The van der Waals surface area contributed by atoms with Gasteiger partial charge in [-0.15, -0.1) is 0 Å². The predicted molar refractivity (Wildman–Crippen MR) is 106 cm³/mol. The Kier molecular flexibility index (Phi) is 5.74. The second-order valence-corrected chi connectivity index (χ2v) is 8.09. The maximum Gasteiger partial charge on any atom is 0.234 e.